The van der Waals surface area contributed by atoms with Crippen LogP contribution in [0.25, 0.3) is 11.2 Å². The number of aryl methyl sites for hydroxylation is 2. The summed E-state index contributed by atoms with van der Waals surface area (Å²) < 4.78 is 4.04. The Morgan fingerprint density at radius 3 is 2.24 bits per heavy atom. The van der Waals surface area contributed by atoms with Crippen LogP contribution in [0, 0.1) is 0 Å². The monoisotopic (exact) mass is 256 g/mol. The molecule has 0 saturated carbocycles. The van der Waals surface area contributed by atoms with Gasteiger partial charge in [0.25, 0.3) is 5.56 Å². The fourth-order valence-electron chi connectivity index (χ4n) is 1.89. The van der Waals surface area contributed by atoms with Crippen molar-refractivity contribution in [2.75, 3.05) is 0 Å². The summed E-state index contributed by atoms with van der Waals surface area (Å²) in [6.45, 7) is 1.77. The highest BCUT2D eigenvalue weighted by Gasteiger charge is 2.18. The third-order valence-corrected chi connectivity index (χ3v) is 3.06. The smallest absolute Gasteiger partial charge is 0.324 e. The molecule has 0 N–H and O–H groups in total. The van der Waals surface area contributed by atoms with Crippen LogP contribution in [-0.2, 0) is 21.1 Å². The van der Waals surface area contributed by atoms with Crippen molar-refractivity contribution in [2.45, 2.75) is 12.3 Å². The number of rotatable bonds is 1. The van der Waals surface area contributed by atoms with Gasteiger partial charge in [0.15, 0.2) is 11.2 Å². The fraction of sp³-hybridized carbons (Fsp3) is 0.500. The Kier molecular flexibility index (Phi) is 2.61. The number of fused-ring (bicyclic) bond motifs is 1. The zero-order chi connectivity index (χ0) is 12.9. The molecule has 0 bridgehead atoms. The summed E-state index contributed by atoms with van der Waals surface area (Å²) in [4.78, 5) is 28.0. The average Bonchev–Trinajstić information content (AvgIpc) is 2.62. The molecule has 0 radical (unpaired) electrons. The van der Waals surface area contributed by atoms with Crippen LogP contribution >= 0.6 is 11.6 Å². The second kappa shape index (κ2) is 3.73. The predicted octanol–water partition coefficient (Wildman–Crippen LogP) is 0.271. The van der Waals surface area contributed by atoms with Crippen LogP contribution < -0.4 is 11.2 Å². The summed E-state index contributed by atoms with van der Waals surface area (Å²) in [5.41, 5.74) is -0.00348. The lowest BCUT2D eigenvalue weighted by Crippen LogP contribution is -2.37. The Hall–Kier alpha value is -1.56. The number of hydrogen-bond acceptors (Lipinski definition) is 3. The molecule has 2 heterocycles. The molecule has 0 aliphatic rings. The van der Waals surface area contributed by atoms with Crippen molar-refractivity contribution in [3.8, 4) is 0 Å². The van der Waals surface area contributed by atoms with Crippen molar-refractivity contribution >= 4 is 22.8 Å². The van der Waals surface area contributed by atoms with Crippen molar-refractivity contribution < 1.29 is 0 Å². The Labute approximate surface area is 102 Å². The molecule has 17 heavy (non-hydrogen) atoms. The van der Waals surface area contributed by atoms with Crippen LogP contribution in [0.15, 0.2) is 9.59 Å². The van der Waals surface area contributed by atoms with E-state index in [1.165, 1.54) is 11.6 Å². The number of hydrogen-bond donors (Lipinski definition) is 0. The highest BCUT2D eigenvalue weighted by atomic mass is 35.5. The van der Waals surface area contributed by atoms with Gasteiger partial charge in [-0.2, -0.15) is 0 Å². The van der Waals surface area contributed by atoms with E-state index in [1.54, 1.807) is 25.6 Å². The van der Waals surface area contributed by atoms with E-state index in [0.717, 1.165) is 4.57 Å². The quantitative estimate of drug-likeness (QED) is 0.688. The number of aromatic nitrogens is 4. The van der Waals surface area contributed by atoms with Gasteiger partial charge in [-0.3, -0.25) is 13.9 Å². The lowest BCUT2D eigenvalue weighted by atomic mass is 10.4. The normalized spacial score (nSPS) is 13.2. The van der Waals surface area contributed by atoms with Crippen LogP contribution in [0.5, 0.6) is 0 Å². The summed E-state index contributed by atoms with van der Waals surface area (Å²) in [6.07, 6.45) is 0. The van der Waals surface area contributed by atoms with Crippen LogP contribution in [0.3, 0.4) is 0 Å². The Morgan fingerprint density at radius 1 is 1.12 bits per heavy atom. The summed E-state index contributed by atoms with van der Waals surface area (Å²) in [5, 5.41) is -0.327. The second-order valence-corrected chi connectivity index (χ2v) is 4.68. The first-order chi connectivity index (χ1) is 7.86. The highest BCUT2D eigenvalue weighted by Crippen LogP contribution is 2.20. The third-order valence-electron chi connectivity index (χ3n) is 2.87. The molecule has 0 aliphatic carbocycles. The molecule has 0 saturated heterocycles. The molecule has 0 amide bonds. The van der Waals surface area contributed by atoms with Gasteiger partial charge >= 0.3 is 5.69 Å². The highest BCUT2D eigenvalue weighted by molar-refractivity contribution is 6.20. The van der Waals surface area contributed by atoms with E-state index in [9.17, 15) is 9.59 Å². The van der Waals surface area contributed by atoms with Gasteiger partial charge in [-0.25, -0.2) is 9.78 Å². The summed E-state index contributed by atoms with van der Waals surface area (Å²) in [7, 11) is 4.75. The van der Waals surface area contributed by atoms with Crippen LogP contribution in [0.4, 0.5) is 0 Å². The molecular weight excluding hydrogens is 244 g/mol. The van der Waals surface area contributed by atoms with Gasteiger partial charge in [0.2, 0.25) is 0 Å². The lowest BCUT2D eigenvalue weighted by Gasteiger charge is -2.04. The summed E-state index contributed by atoms with van der Waals surface area (Å²) in [6, 6.07) is 0. The van der Waals surface area contributed by atoms with E-state index in [-0.39, 0.29) is 10.9 Å². The van der Waals surface area contributed by atoms with E-state index < -0.39 is 5.69 Å². The molecule has 2 rings (SSSR count). The Morgan fingerprint density at radius 2 is 1.71 bits per heavy atom. The predicted molar refractivity (Wildman–Crippen MR) is 65.5 cm³/mol. The number of alkyl halides is 1. The molecule has 2 aromatic rings. The van der Waals surface area contributed by atoms with Crippen molar-refractivity contribution in [3.05, 3.63) is 26.7 Å². The van der Waals surface area contributed by atoms with Gasteiger partial charge < -0.3 is 4.57 Å². The van der Waals surface area contributed by atoms with Crippen LogP contribution in [-0.4, -0.2) is 18.7 Å². The Balaban J connectivity index is 3.08. The zero-order valence-electron chi connectivity index (χ0n) is 10.1. The molecule has 6 nitrogen and oxygen atoms in total. The van der Waals surface area contributed by atoms with E-state index >= 15 is 0 Å². The van der Waals surface area contributed by atoms with E-state index in [0.29, 0.717) is 17.0 Å². The molecular formula is C10H13ClN4O2. The minimum absolute atomic E-state index is 0.327. The molecule has 2 aromatic heterocycles. The first kappa shape index (κ1) is 11.9. The molecule has 1 unspecified atom stereocenters. The largest absolute Gasteiger partial charge is 0.332 e. The molecule has 0 aliphatic heterocycles. The zero-order valence-corrected chi connectivity index (χ0v) is 10.8. The van der Waals surface area contributed by atoms with Crippen molar-refractivity contribution in [3.63, 3.8) is 0 Å². The maximum absolute atomic E-state index is 12.0. The summed E-state index contributed by atoms with van der Waals surface area (Å²) in [5.74, 6) is 0.569. The topological polar surface area (TPSA) is 61.8 Å². The number of nitrogens with zero attached hydrogens (tertiary/aromatic N) is 4. The van der Waals surface area contributed by atoms with Gasteiger partial charge in [0.1, 0.15) is 5.82 Å². The van der Waals surface area contributed by atoms with Gasteiger partial charge in [-0.15, -0.1) is 11.6 Å². The van der Waals surface area contributed by atoms with Crippen molar-refractivity contribution in [1.29, 1.82) is 0 Å². The van der Waals surface area contributed by atoms with Crippen LogP contribution in [0.2, 0.25) is 0 Å². The molecule has 0 spiro atoms. The lowest BCUT2D eigenvalue weighted by molar-refractivity contribution is 0.705. The van der Waals surface area contributed by atoms with Gasteiger partial charge in [-0.1, -0.05) is 0 Å². The SMILES string of the molecule is CC(Cl)c1nc2c(c(=O)n(C)c(=O)n2C)n1C. The average molecular weight is 257 g/mol. The molecule has 7 heteroatoms. The Bertz CT molecular complexity index is 708. The maximum atomic E-state index is 12.0. The van der Waals surface area contributed by atoms with Gasteiger partial charge in [0.05, 0.1) is 5.38 Å². The van der Waals surface area contributed by atoms with E-state index in [4.69, 9.17) is 11.6 Å². The first-order valence-electron chi connectivity index (χ1n) is 5.12. The summed E-state index contributed by atoms with van der Waals surface area (Å²) >= 11 is 5.98. The van der Waals surface area contributed by atoms with Gasteiger partial charge in [0, 0.05) is 21.1 Å². The molecule has 0 fully saturated rings. The third kappa shape index (κ3) is 1.51. The second-order valence-electron chi connectivity index (χ2n) is 4.02. The van der Waals surface area contributed by atoms with Crippen molar-refractivity contribution in [2.24, 2.45) is 21.1 Å². The number of imidazole rings is 1. The van der Waals surface area contributed by atoms with E-state index in [1.807, 2.05) is 0 Å². The first-order valence-corrected chi connectivity index (χ1v) is 5.56. The molecule has 1 atom stereocenters. The fourth-order valence-corrected chi connectivity index (χ4v) is 2.09. The molecule has 92 valence electrons. The number of halogens is 1. The molecule has 0 aromatic carbocycles. The minimum atomic E-state index is -0.394. The standard InChI is InChI=1S/C10H13ClN4O2/c1-5(11)7-12-8-6(13(7)2)9(16)15(4)10(17)14(8)3/h5H,1-4H3. The van der Waals surface area contributed by atoms with Crippen LogP contribution in [0.1, 0.15) is 18.1 Å². The van der Waals surface area contributed by atoms with Crippen molar-refractivity contribution in [1.82, 2.24) is 18.7 Å². The minimum Gasteiger partial charge on any atom is -0.324 e. The van der Waals surface area contributed by atoms with Gasteiger partial charge in [-0.05, 0) is 6.92 Å². The van der Waals surface area contributed by atoms with E-state index in [2.05, 4.69) is 4.98 Å². The maximum Gasteiger partial charge on any atom is 0.332 e.